The van der Waals surface area contributed by atoms with Crippen LogP contribution in [0.2, 0.25) is 0 Å². The maximum absolute atomic E-state index is 9.68. The van der Waals surface area contributed by atoms with Crippen molar-refractivity contribution in [2.75, 3.05) is 6.61 Å². The number of hydrogen-bond acceptors (Lipinski definition) is 3. The second-order valence-electron chi connectivity index (χ2n) is 4.95. The van der Waals surface area contributed by atoms with Crippen LogP contribution >= 0.6 is 15.9 Å². The molecular formula is C14H18BrNO2. The quantitative estimate of drug-likeness (QED) is 0.899. The number of aliphatic hydroxyl groups excluding tert-OH is 1. The maximum Gasteiger partial charge on any atom is 0.125 e. The fourth-order valence-electron chi connectivity index (χ4n) is 1.45. The van der Waals surface area contributed by atoms with Crippen LogP contribution in [-0.4, -0.2) is 11.7 Å². The molecule has 0 aliphatic rings. The van der Waals surface area contributed by atoms with Gasteiger partial charge in [-0.15, -0.1) is 0 Å². The van der Waals surface area contributed by atoms with Gasteiger partial charge < -0.3 is 9.84 Å². The van der Waals surface area contributed by atoms with Crippen LogP contribution in [0.5, 0.6) is 5.75 Å². The minimum absolute atomic E-state index is 0.389. The highest BCUT2D eigenvalue weighted by molar-refractivity contribution is 9.10. The number of nitrogens with zero attached hydrogens (tertiary/aromatic N) is 1. The molecule has 0 heterocycles. The number of aliphatic hydroxyl groups is 1. The average molecular weight is 312 g/mol. The van der Waals surface area contributed by atoms with Gasteiger partial charge in [0.25, 0.3) is 0 Å². The van der Waals surface area contributed by atoms with Gasteiger partial charge in [0.2, 0.25) is 0 Å². The Morgan fingerprint density at radius 1 is 1.50 bits per heavy atom. The van der Waals surface area contributed by atoms with E-state index in [0.717, 1.165) is 10.0 Å². The molecule has 3 nitrogen and oxygen atoms in total. The largest absolute Gasteiger partial charge is 0.493 e. The summed E-state index contributed by atoms with van der Waals surface area (Å²) < 4.78 is 6.56. The maximum atomic E-state index is 9.68. The standard InChI is InChI=1S/C14H18BrNO2/c1-10(17)12-8-11(15)4-5-13(12)18-7-6-14(2,3)9-16/h4-5,8,10,17H,6-7H2,1-3H3/t10-/m0/s1. The van der Waals surface area contributed by atoms with Crippen LogP contribution in [0.25, 0.3) is 0 Å². The summed E-state index contributed by atoms with van der Waals surface area (Å²) in [5.74, 6) is 0.668. The predicted molar refractivity (Wildman–Crippen MR) is 74.3 cm³/mol. The van der Waals surface area contributed by atoms with E-state index in [1.807, 2.05) is 32.0 Å². The minimum atomic E-state index is -0.582. The van der Waals surface area contributed by atoms with Crippen LogP contribution in [0.4, 0.5) is 0 Å². The molecule has 0 aliphatic carbocycles. The van der Waals surface area contributed by atoms with E-state index in [1.165, 1.54) is 0 Å². The number of ether oxygens (including phenoxy) is 1. The average Bonchev–Trinajstić information content (AvgIpc) is 2.30. The van der Waals surface area contributed by atoms with E-state index in [0.29, 0.717) is 18.8 Å². The van der Waals surface area contributed by atoms with Gasteiger partial charge in [0, 0.05) is 10.0 Å². The van der Waals surface area contributed by atoms with E-state index in [4.69, 9.17) is 10.00 Å². The van der Waals surface area contributed by atoms with Crippen molar-refractivity contribution in [1.29, 1.82) is 5.26 Å². The molecule has 0 radical (unpaired) electrons. The van der Waals surface area contributed by atoms with Gasteiger partial charge in [0.1, 0.15) is 5.75 Å². The summed E-state index contributed by atoms with van der Waals surface area (Å²) in [7, 11) is 0. The molecule has 0 fully saturated rings. The van der Waals surface area contributed by atoms with Gasteiger partial charge in [-0.1, -0.05) is 15.9 Å². The van der Waals surface area contributed by atoms with Crippen molar-refractivity contribution in [2.24, 2.45) is 5.41 Å². The Labute approximate surface area is 117 Å². The van der Waals surface area contributed by atoms with E-state index in [9.17, 15) is 5.11 Å². The van der Waals surface area contributed by atoms with E-state index < -0.39 is 6.10 Å². The van der Waals surface area contributed by atoms with Crippen LogP contribution in [0.15, 0.2) is 22.7 Å². The lowest BCUT2D eigenvalue weighted by atomic mass is 9.92. The molecule has 1 N–H and O–H groups in total. The van der Waals surface area contributed by atoms with Crippen molar-refractivity contribution in [3.8, 4) is 11.8 Å². The Balaban J connectivity index is 2.71. The van der Waals surface area contributed by atoms with E-state index >= 15 is 0 Å². The molecule has 0 saturated carbocycles. The number of nitriles is 1. The third-order valence-corrected chi connectivity index (χ3v) is 3.20. The van der Waals surface area contributed by atoms with Gasteiger partial charge in [-0.25, -0.2) is 0 Å². The molecule has 1 atom stereocenters. The molecule has 18 heavy (non-hydrogen) atoms. The summed E-state index contributed by atoms with van der Waals surface area (Å²) in [6.07, 6.45) is 0.0696. The first-order valence-corrected chi connectivity index (χ1v) is 6.66. The predicted octanol–water partition coefficient (Wildman–Crippen LogP) is 3.82. The minimum Gasteiger partial charge on any atom is -0.493 e. The Hall–Kier alpha value is -1.05. The Morgan fingerprint density at radius 3 is 2.72 bits per heavy atom. The summed E-state index contributed by atoms with van der Waals surface area (Å²) in [6.45, 7) is 5.93. The van der Waals surface area contributed by atoms with Gasteiger partial charge in [-0.05, 0) is 45.4 Å². The molecule has 0 saturated heterocycles. The second-order valence-corrected chi connectivity index (χ2v) is 5.87. The molecule has 98 valence electrons. The fraction of sp³-hybridized carbons (Fsp3) is 0.500. The second kappa shape index (κ2) is 6.21. The molecule has 1 aromatic rings. The van der Waals surface area contributed by atoms with Crippen LogP contribution in [-0.2, 0) is 0 Å². The normalized spacial score (nSPS) is 12.9. The molecular weight excluding hydrogens is 294 g/mol. The first-order chi connectivity index (χ1) is 8.35. The van der Waals surface area contributed by atoms with Gasteiger partial charge in [0.05, 0.1) is 24.2 Å². The van der Waals surface area contributed by atoms with Crippen molar-refractivity contribution in [2.45, 2.75) is 33.3 Å². The van der Waals surface area contributed by atoms with Crippen LogP contribution in [0, 0.1) is 16.7 Å². The van der Waals surface area contributed by atoms with Crippen molar-refractivity contribution >= 4 is 15.9 Å². The zero-order chi connectivity index (χ0) is 13.8. The molecule has 0 bridgehead atoms. The molecule has 0 spiro atoms. The first kappa shape index (κ1) is 15.0. The zero-order valence-corrected chi connectivity index (χ0v) is 12.5. The summed E-state index contributed by atoms with van der Waals surface area (Å²) in [5.41, 5.74) is 0.361. The van der Waals surface area contributed by atoms with E-state index in [1.54, 1.807) is 6.92 Å². The summed E-state index contributed by atoms with van der Waals surface area (Å²) >= 11 is 3.37. The molecule has 0 aromatic heterocycles. The molecule has 4 heteroatoms. The zero-order valence-electron chi connectivity index (χ0n) is 10.9. The lowest BCUT2D eigenvalue weighted by Gasteiger charge is -2.17. The monoisotopic (exact) mass is 311 g/mol. The molecule has 0 aliphatic heterocycles. The van der Waals surface area contributed by atoms with Crippen LogP contribution < -0.4 is 4.74 Å². The number of benzene rings is 1. The highest BCUT2D eigenvalue weighted by Crippen LogP contribution is 2.29. The Kier molecular flexibility index (Phi) is 5.18. The van der Waals surface area contributed by atoms with E-state index in [-0.39, 0.29) is 5.41 Å². The summed E-state index contributed by atoms with van der Waals surface area (Å²) in [6, 6.07) is 7.78. The van der Waals surface area contributed by atoms with Crippen molar-refractivity contribution in [3.63, 3.8) is 0 Å². The third-order valence-electron chi connectivity index (χ3n) is 2.71. The smallest absolute Gasteiger partial charge is 0.125 e. The molecule has 1 rings (SSSR count). The topological polar surface area (TPSA) is 53.2 Å². The van der Waals surface area contributed by atoms with E-state index in [2.05, 4.69) is 22.0 Å². The highest BCUT2D eigenvalue weighted by atomic mass is 79.9. The Morgan fingerprint density at radius 2 is 2.17 bits per heavy atom. The van der Waals surface area contributed by atoms with Gasteiger partial charge in [0.15, 0.2) is 0 Å². The lowest BCUT2D eigenvalue weighted by molar-refractivity contribution is 0.188. The van der Waals surface area contributed by atoms with Crippen molar-refractivity contribution < 1.29 is 9.84 Å². The van der Waals surface area contributed by atoms with Crippen LogP contribution in [0.1, 0.15) is 38.9 Å². The molecule has 0 amide bonds. The molecule has 1 aromatic carbocycles. The van der Waals surface area contributed by atoms with Gasteiger partial charge >= 0.3 is 0 Å². The number of hydrogen-bond donors (Lipinski definition) is 1. The lowest BCUT2D eigenvalue weighted by Crippen LogP contribution is -2.13. The Bertz CT molecular complexity index is 450. The third kappa shape index (κ3) is 4.32. The summed E-state index contributed by atoms with van der Waals surface area (Å²) in [4.78, 5) is 0. The van der Waals surface area contributed by atoms with Crippen molar-refractivity contribution in [1.82, 2.24) is 0 Å². The SMILES string of the molecule is C[C@H](O)c1cc(Br)ccc1OCCC(C)(C)C#N. The fourth-order valence-corrected chi connectivity index (χ4v) is 1.83. The highest BCUT2D eigenvalue weighted by Gasteiger charge is 2.17. The first-order valence-electron chi connectivity index (χ1n) is 5.87. The number of halogens is 1. The van der Waals surface area contributed by atoms with Crippen molar-refractivity contribution in [3.05, 3.63) is 28.2 Å². The molecule has 0 unspecified atom stereocenters. The van der Waals surface area contributed by atoms with Crippen LogP contribution in [0.3, 0.4) is 0 Å². The van der Waals surface area contributed by atoms with Gasteiger partial charge in [-0.2, -0.15) is 5.26 Å². The summed E-state index contributed by atoms with van der Waals surface area (Å²) in [5, 5.41) is 18.6. The number of rotatable bonds is 5. The van der Waals surface area contributed by atoms with Gasteiger partial charge in [-0.3, -0.25) is 0 Å².